The van der Waals surface area contributed by atoms with Crippen LogP contribution in [0.2, 0.25) is 20.1 Å². The molecule has 0 aliphatic carbocycles. The van der Waals surface area contributed by atoms with Gasteiger partial charge < -0.3 is 14.4 Å². The lowest BCUT2D eigenvalue weighted by Gasteiger charge is -2.49. The fraction of sp³-hybridized carbons (Fsp3) is 0.160. The maximum absolute atomic E-state index is 13.6. The van der Waals surface area contributed by atoms with Gasteiger partial charge in [-0.3, -0.25) is 19.3 Å². The second-order valence-corrected chi connectivity index (χ2v) is 9.69. The zero-order valence-electron chi connectivity index (χ0n) is 19.0. The van der Waals surface area contributed by atoms with E-state index in [-0.39, 0.29) is 31.2 Å². The molecule has 3 aromatic carbocycles. The van der Waals surface area contributed by atoms with E-state index < -0.39 is 35.6 Å². The Morgan fingerprint density at radius 1 is 0.703 bits per heavy atom. The molecule has 0 bridgehead atoms. The monoisotopic (exact) mass is 582 g/mol. The van der Waals surface area contributed by atoms with E-state index in [1.54, 1.807) is 18.2 Å². The normalized spacial score (nSPS) is 18.7. The largest absolute Gasteiger partial charge is 0.493 e. The standard InChI is InChI=1S/C25H15Cl4FN2O5/c1-36-13-8-3-10(9-14(13)37-2)21-22(25(35)31(21)12-6-4-11(30)5-7-12)32-23(33)15-16(24(32)34)18(27)20(29)19(28)17(15)26/h3-9,21-22H,1-2H3/t21-,22-/m0/s1. The van der Waals surface area contributed by atoms with Crippen molar-refractivity contribution in [1.82, 2.24) is 4.90 Å². The number of anilines is 1. The average molecular weight is 584 g/mol. The van der Waals surface area contributed by atoms with Crippen molar-refractivity contribution in [3.05, 3.63) is 85.1 Å². The minimum atomic E-state index is -1.28. The van der Waals surface area contributed by atoms with Crippen molar-refractivity contribution in [3.8, 4) is 11.5 Å². The van der Waals surface area contributed by atoms with Crippen LogP contribution in [0.3, 0.4) is 0 Å². The van der Waals surface area contributed by atoms with Crippen molar-refractivity contribution in [1.29, 1.82) is 0 Å². The lowest BCUT2D eigenvalue weighted by molar-refractivity contribution is -0.130. The van der Waals surface area contributed by atoms with Gasteiger partial charge in [-0.1, -0.05) is 52.5 Å². The number of imide groups is 1. The summed E-state index contributed by atoms with van der Waals surface area (Å²) in [6, 6.07) is 8.05. The third kappa shape index (κ3) is 3.74. The molecule has 2 aliphatic rings. The van der Waals surface area contributed by atoms with Gasteiger partial charge in [0.25, 0.3) is 17.7 Å². The summed E-state index contributed by atoms with van der Waals surface area (Å²) in [5.41, 5.74) is 0.424. The number of methoxy groups -OCH3 is 2. The number of rotatable bonds is 5. The van der Waals surface area contributed by atoms with Gasteiger partial charge in [-0.2, -0.15) is 0 Å². The lowest BCUT2D eigenvalue weighted by atomic mass is 9.86. The van der Waals surface area contributed by atoms with E-state index >= 15 is 0 Å². The van der Waals surface area contributed by atoms with Crippen LogP contribution in [0.15, 0.2) is 42.5 Å². The van der Waals surface area contributed by atoms with Gasteiger partial charge in [0.2, 0.25) is 0 Å². The second kappa shape index (κ2) is 9.36. The summed E-state index contributed by atoms with van der Waals surface area (Å²) in [4.78, 5) is 42.7. The molecule has 0 N–H and O–H groups in total. The zero-order valence-corrected chi connectivity index (χ0v) is 22.0. The minimum absolute atomic E-state index is 0.181. The minimum Gasteiger partial charge on any atom is -0.493 e. The third-order valence-electron chi connectivity index (χ3n) is 6.33. The van der Waals surface area contributed by atoms with Crippen LogP contribution in [0.4, 0.5) is 10.1 Å². The van der Waals surface area contributed by atoms with Crippen LogP contribution in [-0.4, -0.2) is 42.9 Å². The highest BCUT2D eigenvalue weighted by Gasteiger charge is 2.58. The quantitative estimate of drug-likeness (QED) is 0.154. The Labute approximate surface area is 230 Å². The van der Waals surface area contributed by atoms with Gasteiger partial charge in [0, 0.05) is 5.69 Å². The number of carbonyl (C=O) groups excluding carboxylic acids is 3. The molecular weight excluding hydrogens is 569 g/mol. The number of fused-ring (bicyclic) bond motifs is 1. The molecule has 190 valence electrons. The van der Waals surface area contributed by atoms with Crippen molar-refractivity contribution in [3.63, 3.8) is 0 Å². The van der Waals surface area contributed by atoms with Gasteiger partial charge in [0.05, 0.1) is 51.5 Å². The summed E-state index contributed by atoms with van der Waals surface area (Å²) in [5, 5.41) is -0.840. The first-order chi connectivity index (χ1) is 17.6. The predicted octanol–water partition coefficient (Wildman–Crippen LogP) is 6.21. The van der Waals surface area contributed by atoms with Gasteiger partial charge >= 0.3 is 0 Å². The molecule has 5 rings (SSSR count). The van der Waals surface area contributed by atoms with Crippen LogP contribution < -0.4 is 14.4 Å². The van der Waals surface area contributed by atoms with E-state index in [1.807, 2.05) is 0 Å². The Morgan fingerprint density at radius 2 is 1.24 bits per heavy atom. The highest BCUT2D eigenvalue weighted by molar-refractivity contribution is 6.55. The molecule has 7 nitrogen and oxygen atoms in total. The Bertz CT molecular complexity index is 1450. The van der Waals surface area contributed by atoms with Gasteiger partial charge in [0.1, 0.15) is 11.9 Å². The summed E-state index contributed by atoms with van der Waals surface area (Å²) in [6.45, 7) is 0. The number of hydrogen-bond acceptors (Lipinski definition) is 5. The molecule has 3 amide bonds. The molecule has 2 aliphatic heterocycles. The Hall–Kier alpha value is -3.04. The average Bonchev–Trinajstić information content (AvgIpc) is 3.15. The molecule has 0 unspecified atom stereocenters. The molecule has 1 saturated heterocycles. The Kier molecular flexibility index (Phi) is 6.48. The van der Waals surface area contributed by atoms with Crippen molar-refractivity contribution in [2.75, 3.05) is 19.1 Å². The number of amides is 3. The SMILES string of the molecule is COc1ccc([C@H]2[C@H](N3C(=O)c4c(Cl)c(Cl)c(Cl)c(Cl)c4C3=O)C(=O)N2c2ccc(F)cc2)cc1OC. The molecule has 0 aromatic heterocycles. The maximum atomic E-state index is 13.6. The fourth-order valence-electron chi connectivity index (χ4n) is 4.60. The van der Waals surface area contributed by atoms with Crippen LogP contribution in [0.5, 0.6) is 11.5 Å². The van der Waals surface area contributed by atoms with E-state index in [1.165, 1.54) is 43.4 Å². The first-order valence-corrected chi connectivity index (χ1v) is 12.2. The smallest absolute Gasteiger partial charge is 0.264 e. The van der Waals surface area contributed by atoms with Crippen molar-refractivity contribution >= 4 is 69.8 Å². The van der Waals surface area contributed by atoms with E-state index in [2.05, 4.69) is 0 Å². The molecule has 2 atom stereocenters. The predicted molar refractivity (Wildman–Crippen MR) is 137 cm³/mol. The van der Waals surface area contributed by atoms with E-state index in [0.29, 0.717) is 22.7 Å². The second-order valence-electron chi connectivity index (χ2n) is 8.17. The molecule has 3 aromatic rings. The molecule has 0 spiro atoms. The zero-order chi connectivity index (χ0) is 26.8. The van der Waals surface area contributed by atoms with Crippen molar-refractivity contribution < 1.29 is 28.2 Å². The summed E-state index contributed by atoms with van der Waals surface area (Å²) >= 11 is 24.8. The van der Waals surface area contributed by atoms with Crippen molar-refractivity contribution in [2.24, 2.45) is 0 Å². The van der Waals surface area contributed by atoms with Crippen molar-refractivity contribution in [2.45, 2.75) is 12.1 Å². The van der Waals surface area contributed by atoms with Crippen LogP contribution >= 0.6 is 46.4 Å². The Morgan fingerprint density at radius 3 is 1.76 bits per heavy atom. The molecule has 2 heterocycles. The highest BCUT2D eigenvalue weighted by atomic mass is 35.5. The van der Waals surface area contributed by atoms with Gasteiger partial charge in [-0.25, -0.2) is 4.39 Å². The molecule has 37 heavy (non-hydrogen) atoms. The van der Waals surface area contributed by atoms with Crippen LogP contribution in [0.1, 0.15) is 32.3 Å². The summed E-state index contributed by atoms with van der Waals surface area (Å²) < 4.78 is 24.3. The number of ether oxygens (including phenoxy) is 2. The van der Waals surface area contributed by atoms with Gasteiger partial charge in [0.15, 0.2) is 11.5 Å². The summed E-state index contributed by atoms with van der Waals surface area (Å²) in [5.74, 6) is -1.95. The Balaban J connectivity index is 1.65. The number of β-lactam (4-membered cyclic amide) rings is 1. The first kappa shape index (κ1) is 25.6. The van der Waals surface area contributed by atoms with Gasteiger partial charge in [-0.15, -0.1) is 0 Å². The molecular formula is C25H15Cl4FN2O5. The molecule has 0 radical (unpaired) electrons. The molecule has 0 saturated carbocycles. The number of nitrogens with zero attached hydrogens (tertiary/aromatic N) is 2. The lowest BCUT2D eigenvalue weighted by Crippen LogP contribution is -2.67. The van der Waals surface area contributed by atoms with E-state index in [9.17, 15) is 18.8 Å². The fourth-order valence-corrected chi connectivity index (χ4v) is 5.62. The van der Waals surface area contributed by atoms with E-state index in [0.717, 1.165) is 4.90 Å². The van der Waals surface area contributed by atoms with E-state index in [4.69, 9.17) is 55.9 Å². The van der Waals surface area contributed by atoms with Crippen LogP contribution in [-0.2, 0) is 4.79 Å². The summed E-state index contributed by atoms with van der Waals surface area (Å²) in [7, 11) is 2.92. The number of carbonyl (C=O) groups is 3. The number of benzene rings is 3. The molecule has 12 heteroatoms. The number of halogens is 5. The topological polar surface area (TPSA) is 76.2 Å². The highest BCUT2D eigenvalue weighted by Crippen LogP contribution is 2.49. The summed E-state index contributed by atoms with van der Waals surface area (Å²) in [6.07, 6.45) is 0. The first-order valence-electron chi connectivity index (χ1n) is 10.7. The molecule has 1 fully saturated rings. The third-order valence-corrected chi connectivity index (χ3v) is 8.13. The van der Waals surface area contributed by atoms with Crippen LogP contribution in [0, 0.1) is 5.82 Å². The number of hydrogen-bond donors (Lipinski definition) is 0. The maximum Gasteiger partial charge on any atom is 0.264 e. The van der Waals surface area contributed by atoms with Gasteiger partial charge in [-0.05, 0) is 42.0 Å². The van der Waals surface area contributed by atoms with Crippen LogP contribution in [0.25, 0.3) is 0 Å².